The first kappa shape index (κ1) is 30.1. The Morgan fingerprint density at radius 2 is 1.77 bits per heavy atom. The molecule has 5 N–H and O–H groups in total. The van der Waals surface area contributed by atoms with Gasteiger partial charge in [-0.1, -0.05) is 11.2 Å². The van der Waals surface area contributed by atoms with E-state index in [2.05, 4.69) is 18.7 Å². The molecule has 17 nitrogen and oxygen atoms in total. The lowest BCUT2D eigenvalue weighted by Gasteiger charge is -2.19. The van der Waals surface area contributed by atoms with Crippen LogP contribution >= 0.6 is 15.6 Å². The smallest absolute Gasteiger partial charge is 0.405 e. The highest BCUT2D eigenvalue weighted by atomic mass is 31.3. The van der Waals surface area contributed by atoms with E-state index in [-0.39, 0.29) is 16.7 Å². The number of aromatic nitrogens is 3. The van der Waals surface area contributed by atoms with Crippen molar-refractivity contribution in [1.82, 2.24) is 14.3 Å². The Kier molecular flexibility index (Phi) is 8.14. The number of phosphoric acid groups is 2. The molecule has 2 unspecified atom stereocenters. The lowest BCUT2D eigenvalue weighted by molar-refractivity contribution is -0.274. The van der Waals surface area contributed by atoms with Gasteiger partial charge >= 0.3 is 27.7 Å². The Bertz CT molecular complexity index is 1610. The number of hydrogen-bond acceptors (Lipinski definition) is 12. The standard InChI is InChI=1S/C18H18F3N3O14P2/c19-18(20,21)36-9-2-1-3-10-13(9)8(22-37-10)6-24-12(25)4-5-23(17(24)28)16-15(27)14(26)11(35-16)7-34-40(32,33)38-39(29,30)31/h1-5,11,14-16,26-27H,6-7H2,(H,32,33)(H2,29,30,31)/t11-,14?,15+,16-/m1/s1. The zero-order chi connectivity index (χ0) is 29.6. The highest BCUT2D eigenvalue weighted by molar-refractivity contribution is 7.60. The number of hydrogen-bond donors (Lipinski definition) is 5. The zero-order valence-corrected chi connectivity index (χ0v) is 21.2. The number of phosphoric ester groups is 1. The summed E-state index contributed by atoms with van der Waals surface area (Å²) < 4.78 is 84.4. The number of rotatable bonds is 9. The van der Waals surface area contributed by atoms with Crippen molar-refractivity contribution >= 4 is 26.6 Å². The number of aliphatic hydroxyl groups excluding tert-OH is 2. The second-order valence-electron chi connectivity index (χ2n) is 8.12. The van der Waals surface area contributed by atoms with Crippen LogP contribution in [0.15, 0.2) is 44.6 Å². The summed E-state index contributed by atoms with van der Waals surface area (Å²) in [6, 6.07) is 4.26. The van der Waals surface area contributed by atoms with E-state index in [0.29, 0.717) is 9.13 Å². The largest absolute Gasteiger partial charge is 0.573 e. The van der Waals surface area contributed by atoms with Gasteiger partial charge in [-0.2, -0.15) is 4.31 Å². The quantitative estimate of drug-likeness (QED) is 0.197. The average Bonchev–Trinajstić information content (AvgIpc) is 3.35. The van der Waals surface area contributed by atoms with Crippen molar-refractivity contribution < 1.29 is 70.0 Å². The lowest BCUT2D eigenvalue weighted by Crippen LogP contribution is -2.43. The topological polar surface area (TPSA) is 242 Å². The van der Waals surface area contributed by atoms with Crippen LogP contribution in [0.1, 0.15) is 11.9 Å². The number of fused-ring (bicyclic) bond motifs is 1. The number of halogens is 3. The van der Waals surface area contributed by atoms with Crippen LogP contribution in [0.25, 0.3) is 11.0 Å². The van der Waals surface area contributed by atoms with E-state index in [4.69, 9.17) is 19.0 Å². The van der Waals surface area contributed by atoms with Crippen LogP contribution in [0.5, 0.6) is 5.75 Å². The predicted molar refractivity (Wildman–Crippen MR) is 120 cm³/mol. The van der Waals surface area contributed by atoms with Gasteiger partial charge in [0, 0.05) is 12.3 Å². The fourth-order valence-electron chi connectivity index (χ4n) is 3.78. The van der Waals surface area contributed by atoms with Gasteiger partial charge in [0.2, 0.25) is 0 Å². The van der Waals surface area contributed by atoms with Crippen molar-refractivity contribution in [3.05, 3.63) is 57.0 Å². The van der Waals surface area contributed by atoms with Crippen LogP contribution in [-0.2, 0) is 29.2 Å². The normalized spacial score (nSPS) is 23.4. The van der Waals surface area contributed by atoms with Crippen LogP contribution < -0.4 is 16.0 Å². The van der Waals surface area contributed by atoms with Crippen molar-refractivity contribution in [1.29, 1.82) is 0 Å². The SMILES string of the molecule is O=c1ccn([C@@H]2O[C@H](COP(=O)(O)OP(=O)(O)O)C(O)[C@@H]2O)c(=O)n1Cc1noc2cccc(OC(F)(F)F)c12. The minimum Gasteiger partial charge on any atom is -0.405 e. The molecule has 1 aromatic carbocycles. The Morgan fingerprint density at radius 1 is 1.07 bits per heavy atom. The van der Waals surface area contributed by atoms with Gasteiger partial charge in [-0.15, -0.1) is 13.2 Å². The minimum absolute atomic E-state index is 0.148. The molecular formula is C18H18F3N3O14P2. The number of benzene rings is 1. The fraction of sp³-hybridized carbons (Fsp3) is 0.389. The molecule has 1 saturated heterocycles. The molecule has 3 aromatic rings. The maximum atomic E-state index is 13.1. The molecule has 1 aliphatic heterocycles. The van der Waals surface area contributed by atoms with Gasteiger partial charge in [0.25, 0.3) is 5.56 Å². The second kappa shape index (κ2) is 10.8. The molecule has 0 spiro atoms. The summed E-state index contributed by atoms with van der Waals surface area (Å²) in [7, 11) is -10.8. The van der Waals surface area contributed by atoms with E-state index in [0.717, 1.165) is 18.3 Å². The van der Waals surface area contributed by atoms with E-state index in [1.165, 1.54) is 12.1 Å². The first-order valence-electron chi connectivity index (χ1n) is 10.7. The Morgan fingerprint density at radius 3 is 2.42 bits per heavy atom. The maximum absolute atomic E-state index is 13.1. The van der Waals surface area contributed by atoms with Gasteiger partial charge in [-0.05, 0) is 12.1 Å². The first-order chi connectivity index (χ1) is 18.5. The van der Waals surface area contributed by atoms with Crippen molar-refractivity contribution in [2.75, 3.05) is 6.61 Å². The van der Waals surface area contributed by atoms with Gasteiger partial charge in [-0.3, -0.25) is 18.5 Å². The summed E-state index contributed by atoms with van der Waals surface area (Å²) in [6.45, 7) is -1.78. The molecule has 4 rings (SSSR count). The van der Waals surface area contributed by atoms with Crippen molar-refractivity contribution in [3.8, 4) is 5.75 Å². The predicted octanol–water partition coefficient (Wildman–Crippen LogP) is -0.0564. The molecule has 0 bridgehead atoms. The van der Waals surface area contributed by atoms with E-state index in [1.807, 2.05) is 0 Å². The van der Waals surface area contributed by atoms with Crippen molar-refractivity contribution in [3.63, 3.8) is 0 Å². The van der Waals surface area contributed by atoms with Crippen molar-refractivity contribution in [2.24, 2.45) is 0 Å². The molecule has 1 aliphatic rings. The highest BCUT2D eigenvalue weighted by Gasteiger charge is 2.46. The van der Waals surface area contributed by atoms with Crippen LogP contribution in [0.4, 0.5) is 13.2 Å². The third kappa shape index (κ3) is 6.69. The second-order valence-corrected chi connectivity index (χ2v) is 10.9. The highest BCUT2D eigenvalue weighted by Crippen LogP contribution is 2.57. The molecule has 40 heavy (non-hydrogen) atoms. The average molecular weight is 619 g/mol. The summed E-state index contributed by atoms with van der Waals surface area (Å²) in [5, 5.41) is 24.0. The summed E-state index contributed by atoms with van der Waals surface area (Å²) in [5.41, 5.74) is -2.58. The van der Waals surface area contributed by atoms with Crippen molar-refractivity contribution in [2.45, 2.75) is 37.4 Å². The van der Waals surface area contributed by atoms with Gasteiger partial charge in [0.1, 0.15) is 29.8 Å². The van der Waals surface area contributed by atoms with Crippen LogP contribution in [0.2, 0.25) is 0 Å². The monoisotopic (exact) mass is 619 g/mol. The Balaban J connectivity index is 1.61. The molecule has 22 heteroatoms. The molecular weight excluding hydrogens is 601 g/mol. The molecule has 0 aliphatic carbocycles. The van der Waals surface area contributed by atoms with E-state index >= 15 is 0 Å². The fourth-order valence-corrected chi connectivity index (χ4v) is 5.38. The minimum atomic E-state index is -5.45. The third-order valence-electron chi connectivity index (χ3n) is 5.38. The maximum Gasteiger partial charge on any atom is 0.573 e. The molecule has 0 amide bonds. The van der Waals surface area contributed by atoms with Gasteiger partial charge < -0.3 is 38.9 Å². The van der Waals surface area contributed by atoms with Crippen LogP contribution in [0, 0.1) is 0 Å². The van der Waals surface area contributed by atoms with E-state index < -0.39 is 76.7 Å². The van der Waals surface area contributed by atoms with E-state index in [9.17, 15) is 47.0 Å². The molecule has 3 heterocycles. The molecule has 220 valence electrons. The first-order valence-corrected chi connectivity index (χ1v) is 13.7. The number of alkyl halides is 3. The third-order valence-corrected chi connectivity index (χ3v) is 7.53. The summed E-state index contributed by atoms with van der Waals surface area (Å²) in [4.78, 5) is 52.3. The summed E-state index contributed by atoms with van der Waals surface area (Å²) >= 11 is 0. The van der Waals surface area contributed by atoms with Gasteiger partial charge in [-0.25, -0.2) is 13.9 Å². The molecule has 2 aromatic heterocycles. The van der Waals surface area contributed by atoms with Gasteiger partial charge in [0.05, 0.1) is 18.5 Å². The molecule has 1 fully saturated rings. The van der Waals surface area contributed by atoms with E-state index in [1.54, 1.807) is 0 Å². The number of nitrogens with zero attached hydrogens (tertiary/aromatic N) is 3. The van der Waals surface area contributed by atoms with Crippen LogP contribution in [0.3, 0.4) is 0 Å². The molecule has 5 atom stereocenters. The Labute approximate surface area is 218 Å². The number of aliphatic hydroxyl groups is 2. The number of ether oxygens (including phenoxy) is 2. The summed E-state index contributed by atoms with van der Waals surface area (Å²) in [5.74, 6) is -0.713. The molecule has 0 radical (unpaired) electrons. The van der Waals surface area contributed by atoms with Crippen LogP contribution in [-0.4, -0.2) is 70.5 Å². The Hall–Kier alpha value is -2.90. The zero-order valence-electron chi connectivity index (χ0n) is 19.4. The molecule has 0 saturated carbocycles. The lowest BCUT2D eigenvalue weighted by atomic mass is 10.1. The van der Waals surface area contributed by atoms with Gasteiger partial charge in [0.15, 0.2) is 11.8 Å². The summed E-state index contributed by atoms with van der Waals surface area (Å²) in [6.07, 6.45) is -11.4.